The Kier molecular flexibility index (Phi) is 6.07. The second-order valence-electron chi connectivity index (χ2n) is 10.4. The van der Waals surface area contributed by atoms with Gasteiger partial charge in [-0.15, -0.1) is 0 Å². The summed E-state index contributed by atoms with van der Waals surface area (Å²) in [4.78, 5) is 31.5. The Morgan fingerprint density at radius 3 is 2.58 bits per heavy atom. The minimum Gasteiger partial charge on any atom is -0.496 e. The number of hydrogen-bond acceptors (Lipinski definition) is 7. The van der Waals surface area contributed by atoms with Gasteiger partial charge in [0.25, 0.3) is 0 Å². The third kappa shape index (κ3) is 4.08. The highest BCUT2D eigenvalue weighted by Gasteiger charge is 2.47. The highest BCUT2D eigenvalue weighted by Crippen LogP contribution is 2.47. The molecule has 0 aliphatic carbocycles. The van der Waals surface area contributed by atoms with E-state index in [0.29, 0.717) is 33.6 Å². The van der Waals surface area contributed by atoms with Gasteiger partial charge >= 0.3 is 5.97 Å². The number of ether oxygens (including phenoxy) is 3. The van der Waals surface area contributed by atoms with Gasteiger partial charge in [0.1, 0.15) is 28.9 Å². The van der Waals surface area contributed by atoms with Gasteiger partial charge in [0.15, 0.2) is 6.10 Å². The van der Waals surface area contributed by atoms with Gasteiger partial charge in [-0.25, -0.2) is 9.78 Å². The second kappa shape index (κ2) is 9.50. The zero-order valence-electron chi connectivity index (χ0n) is 22.5. The first-order chi connectivity index (χ1) is 19.2. The van der Waals surface area contributed by atoms with Gasteiger partial charge in [-0.05, 0) is 37.6 Å². The van der Waals surface area contributed by atoms with Crippen LogP contribution in [-0.4, -0.2) is 39.4 Å². The van der Waals surface area contributed by atoms with Crippen LogP contribution < -0.4 is 14.9 Å². The van der Waals surface area contributed by atoms with Crippen LogP contribution in [0.4, 0.5) is 0 Å². The number of aliphatic hydroxyl groups is 1. The Labute approximate surface area is 230 Å². The summed E-state index contributed by atoms with van der Waals surface area (Å²) >= 11 is 0. The fourth-order valence-electron chi connectivity index (χ4n) is 5.48. The molecule has 0 unspecified atom stereocenters. The monoisotopic (exact) mass is 536 g/mol. The van der Waals surface area contributed by atoms with Gasteiger partial charge in [-0.1, -0.05) is 48.5 Å². The second-order valence-corrected chi connectivity index (χ2v) is 10.4. The van der Waals surface area contributed by atoms with E-state index in [4.69, 9.17) is 19.2 Å². The van der Waals surface area contributed by atoms with Crippen LogP contribution in [0.1, 0.15) is 31.1 Å². The number of aryl methyl sites for hydroxylation is 1. The van der Waals surface area contributed by atoms with Crippen molar-refractivity contribution < 1.29 is 24.1 Å². The Morgan fingerprint density at radius 1 is 1.10 bits per heavy atom. The van der Waals surface area contributed by atoms with E-state index in [2.05, 4.69) is 0 Å². The van der Waals surface area contributed by atoms with Crippen LogP contribution >= 0.6 is 0 Å². The third-order valence-corrected chi connectivity index (χ3v) is 7.41. The first-order valence-corrected chi connectivity index (χ1v) is 12.9. The number of rotatable bonds is 4. The number of methoxy groups -OCH3 is 1. The lowest BCUT2D eigenvalue weighted by Crippen LogP contribution is -2.51. The molecule has 3 heterocycles. The number of aromatic nitrogens is 2. The molecule has 0 saturated carbocycles. The van der Waals surface area contributed by atoms with Crippen LogP contribution in [0, 0.1) is 0 Å². The van der Waals surface area contributed by atoms with Gasteiger partial charge < -0.3 is 23.9 Å². The molecule has 8 heteroatoms. The van der Waals surface area contributed by atoms with Crippen molar-refractivity contribution in [3.8, 4) is 11.5 Å². The largest absolute Gasteiger partial charge is 0.496 e. The molecule has 2 atom stereocenters. The van der Waals surface area contributed by atoms with Crippen LogP contribution in [0.3, 0.4) is 0 Å². The Bertz CT molecular complexity index is 1890. The lowest BCUT2D eigenvalue weighted by Gasteiger charge is -2.42. The summed E-state index contributed by atoms with van der Waals surface area (Å²) in [6.45, 7) is 3.48. The molecule has 1 aliphatic rings. The molecule has 6 rings (SSSR count). The lowest BCUT2D eigenvalue weighted by molar-refractivity contribution is -0.171. The summed E-state index contributed by atoms with van der Waals surface area (Å²) in [5, 5.41) is 13.3. The van der Waals surface area contributed by atoms with Gasteiger partial charge in [0.2, 0.25) is 5.43 Å². The third-order valence-electron chi connectivity index (χ3n) is 7.41. The van der Waals surface area contributed by atoms with E-state index in [9.17, 15) is 14.7 Å². The van der Waals surface area contributed by atoms with E-state index >= 15 is 0 Å². The average molecular weight is 537 g/mol. The van der Waals surface area contributed by atoms with Gasteiger partial charge in [-0.3, -0.25) is 4.79 Å². The Hall–Kier alpha value is -4.69. The molecule has 0 bridgehead atoms. The number of aliphatic hydroxyl groups excluding tert-OH is 1. The molecule has 0 spiro atoms. The van der Waals surface area contributed by atoms with Crippen molar-refractivity contribution in [2.45, 2.75) is 31.7 Å². The zero-order valence-corrected chi connectivity index (χ0v) is 22.5. The van der Waals surface area contributed by atoms with Crippen molar-refractivity contribution >= 4 is 44.9 Å². The molecule has 202 valence electrons. The fraction of sp³-hybridized carbons (Fsp3) is 0.219. The van der Waals surface area contributed by atoms with Gasteiger partial charge in [0.05, 0.1) is 34.5 Å². The SMILES string of the molecule is COc1cc2c(c3c1c(=O)c1cc4ccccc4nc1n3C)[C@@H](O)[C@@H](OC(=O)/C=C/c1ccccc1)C(C)(C)O2. The smallest absolute Gasteiger partial charge is 0.331 e. The zero-order chi connectivity index (χ0) is 28.2. The van der Waals surface area contributed by atoms with Crippen molar-refractivity contribution in [1.82, 2.24) is 9.55 Å². The topological polar surface area (TPSA) is 99.9 Å². The van der Waals surface area contributed by atoms with E-state index < -0.39 is 23.8 Å². The number of pyridine rings is 2. The van der Waals surface area contributed by atoms with E-state index in [-0.39, 0.29) is 10.8 Å². The number of hydrogen-bond donors (Lipinski definition) is 1. The number of carbonyl (C=O) groups excluding carboxylic acids is 1. The summed E-state index contributed by atoms with van der Waals surface area (Å²) in [6, 6.07) is 20.3. The number of carbonyl (C=O) groups is 1. The van der Waals surface area contributed by atoms with Crippen LogP contribution in [0.15, 0.2) is 77.6 Å². The summed E-state index contributed by atoms with van der Waals surface area (Å²) in [7, 11) is 3.26. The van der Waals surface area contributed by atoms with E-state index in [1.54, 1.807) is 37.6 Å². The highest BCUT2D eigenvalue weighted by atomic mass is 16.6. The number of para-hydroxylation sites is 1. The molecule has 8 nitrogen and oxygen atoms in total. The summed E-state index contributed by atoms with van der Waals surface area (Å²) < 4.78 is 19.5. The van der Waals surface area contributed by atoms with Crippen molar-refractivity contribution in [2.75, 3.05) is 7.11 Å². The van der Waals surface area contributed by atoms with Crippen LogP contribution in [-0.2, 0) is 16.6 Å². The van der Waals surface area contributed by atoms with Crippen molar-refractivity contribution in [3.05, 3.63) is 94.2 Å². The Balaban J connectivity index is 1.53. The van der Waals surface area contributed by atoms with Crippen molar-refractivity contribution in [1.29, 1.82) is 0 Å². The maximum atomic E-state index is 13.9. The minimum atomic E-state index is -1.30. The summed E-state index contributed by atoms with van der Waals surface area (Å²) in [5.74, 6) is 0.0242. The number of esters is 1. The van der Waals surface area contributed by atoms with Crippen LogP contribution in [0.5, 0.6) is 11.5 Å². The summed E-state index contributed by atoms with van der Waals surface area (Å²) in [5.41, 5.74) is 1.38. The van der Waals surface area contributed by atoms with Crippen molar-refractivity contribution in [2.24, 2.45) is 7.05 Å². The fourth-order valence-corrected chi connectivity index (χ4v) is 5.48. The molecule has 40 heavy (non-hydrogen) atoms. The molecule has 3 aromatic carbocycles. The van der Waals surface area contributed by atoms with Gasteiger partial charge in [0, 0.05) is 24.6 Å². The van der Waals surface area contributed by atoms with E-state index in [0.717, 1.165) is 16.5 Å². The predicted octanol–water partition coefficient (Wildman–Crippen LogP) is 5.08. The summed E-state index contributed by atoms with van der Waals surface area (Å²) in [6.07, 6.45) is 0.591. The predicted molar refractivity (Wildman–Crippen MR) is 154 cm³/mol. The molecule has 5 aromatic rings. The number of benzene rings is 3. The lowest BCUT2D eigenvalue weighted by atomic mass is 9.86. The molecular weight excluding hydrogens is 508 g/mol. The van der Waals surface area contributed by atoms with Crippen LogP contribution in [0.25, 0.3) is 38.9 Å². The van der Waals surface area contributed by atoms with E-state index in [1.807, 2.05) is 60.7 Å². The average Bonchev–Trinajstić information content (AvgIpc) is 2.95. The molecule has 0 fully saturated rings. The quantitative estimate of drug-likeness (QED) is 0.194. The molecule has 0 radical (unpaired) electrons. The number of nitrogens with zero attached hydrogens (tertiary/aromatic N) is 2. The normalized spacial score (nSPS) is 18.1. The highest BCUT2D eigenvalue weighted by molar-refractivity contribution is 6.01. The number of fused-ring (bicyclic) bond motifs is 5. The maximum absolute atomic E-state index is 13.9. The van der Waals surface area contributed by atoms with Crippen LogP contribution in [0.2, 0.25) is 0 Å². The molecule has 0 amide bonds. The van der Waals surface area contributed by atoms with E-state index in [1.165, 1.54) is 13.2 Å². The maximum Gasteiger partial charge on any atom is 0.331 e. The Morgan fingerprint density at radius 2 is 1.82 bits per heavy atom. The molecule has 0 saturated heterocycles. The molecule has 1 N–H and O–H groups in total. The molecular formula is C32H28N2O6. The minimum absolute atomic E-state index is 0.280. The van der Waals surface area contributed by atoms with Gasteiger partial charge in [-0.2, -0.15) is 0 Å². The first-order valence-electron chi connectivity index (χ1n) is 12.9. The molecule has 2 aromatic heterocycles. The standard InChI is InChI=1S/C32H28N2O6/c1-32(2)30(39-24(35)15-14-18-10-6-5-7-11-18)29(37)26-23(40-32)17-22(38-4)25-27(26)34(3)31-20(28(25)36)16-19-12-8-9-13-21(19)33-31/h5-17,29-30,37H,1-4H3/b15-14+/t29-,30-/m1/s1. The molecule has 1 aliphatic heterocycles. The first kappa shape index (κ1) is 25.6. The van der Waals surface area contributed by atoms with Crippen molar-refractivity contribution in [3.63, 3.8) is 0 Å².